The molecule has 1 atom stereocenters. The lowest BCUT2D eigenvalue weighted by molar-refractivity contribution is -0.137. The van der Waals surface area contributed by atoms with Crippen molar-refractivity contribution < 1.29 is 13.2 Å². The number of thiazole rings is 1. The molecule has 0 saturated carbocycles. The van der Waals surface area contributed by atoms with Gasteiger partial charge < -0.3 is 5.32 Å². The number of hydrogen-bond acceptors (Lipinski definition) is 3. The number of alkyl halides is 3. The normalized spacial score (nSPS) is 13.4. The smallest absolute Gasteiger partial charge is 0.309 e. The van der Waals surface area contributed by atoms with Gasteiger partial charge in [0.25, 0.3) is 0 Å². The van der Waals surface area contributed by atoms with E-state index in [1.807, 2.05) is 24.3 Å². The standard InChI is InChI=1S/C14H15F3N2S/c1-3-9-4-6-10(7-5-9)12(18-2)11-8-19-13(20-11)14(15,16)17/h4-8,12,18H,3H2,1-2H3. The Bertz CT molecular complexity index is 561. The molecule has 0 radical (unpaired) electrons. The van der Waals surface area contributed by atoms with Crippen molar-refractivity contribution in [1.29, 1.82) is 0 Å². The Morgan fingerprint density at radius 1 is 1.25 bits per heavy atom. The molecule has 1 heterocycles. The number of benzene rings is 1. The molecule has 1 aromatic carbocycles. The quantitative estimate of drug-likeness (QED) is 0.922. The molecule has 0 saturated heterocycles. The van der Waals surface area contributed by atoms with Crippen LogP contribution in [0.25, 0.3) is 0 Å². The minimum Gasteiger partial charge on any atom is -0.309 e. The van der Waals surface area contributed by atoms with E-state index in [-0.39, 0.29) is 6.04 Å². The van der Waals surface area contributed by atoms with Crippen LogP contribution in [0.3, 0.4) is 0 Å². The fourth-order valence-corrected chi connectivity index (χ4v) is 2.89. The Labute approximate surface area is 119 Å². The highest BCUT2D eigenvalue weighted by molar-refractivity contribution is 7.11. The van der Waals surface area contributed by atoms with Gasteiger partial charge in [-0.05, 0) is 24.6 Å². The Morgan fingerprint density at radius 3 is 2.35 bits per heavy atom. The average molecular weight is 300 g/mol. The molecule has 0 spiro atoms. The highest BCUT2D eigenvalue weighted by atomic mass is 32.1. The summed E-state index contributed by atoms with van der Waals surface area (Å²) < 4.78 is 37.8. The molecular weight excluding hydrogens is 285 g/mol. The number of aryl methyl sites for hydroxylation is 1. The third kappa shape index (κ3) is 3.19. The summed E-state index contributed by atoms with van der Waals surface area (Å²) in [7, 11) is 1.73. The lowest BCUT2D eigenvalue weighted by Gasteiger charge is -2.15. The zero-order valence-electron chi connectivity index (χ0n) is 11.2. The van der Waals surface area contributed by atoms with Crippen LogP contribution in [-0.2, 0) is 12.6 Å². The van der Waals surface area contributed by atoms with Gasteiger partial charge in [-0.3, -0.25) is 0 Å². The molecule has 1 N–H and O–H groups in total. The van der Waals surface area contributed by atoms with Crippen LogP contribution in [0.5, 0.6) is 0 Å². The van der Waals surface area contributed by atoms with Crippen LogP contribution in [0.15, 0.2) is 30.5 Å². The van der Waals surface area contributed by atoms with Crippen molar-refractivity contribution in [3.8, 4) is 0 Å². The Kier molecular flexibility index (Phi) is 4.45. The summed E-state index contributed by atoms with van der Waals surface area (Å²) in [6.45, 7) is 2.06. The third-order valence-electron chi connectivity index (χ3n) is 3.06. The molecule has 0 aliphatic rings. The summed E-state index contributed by atoms with van der Waals surface area (Å²) in [6, 6.07) is 7.59. The summed E-state index contributed by atoms with van der Waals surface area (Å²) in [5, 5.41) is 2.23. The van der Waals surface area contributed by atoms with Gasteiger partial charge in [-0.25, -0.2) is 4.98 Å². The number of rotatable bonds is 4. The summed E-state index contributed by atoms with van der Waals surface area (Å²) in [5.74, 6) is 0. The first-order chi connectivity index (χ1) is 9.45. The minimum absolute atomic E-state index is 0.269. The Balaban J connectivity index is 2.29. The van der Waals surface area contributed by atoms with Crippen molar-refractivity contribution in [2.45, 2.75) is 25.6 Å². The molecule has 108 valence electrons. The summed E-state index contributed by atoms with van der Waals surface area (Å²) >= 11 is 0.679. The van der Waals surface area contributed by atoms with Crippen molar-refractivity contribution in [1.82, 2.24) is 10.3 Å². The fraction of sp³-hybridized carbons (Fsp3) is 0.357. The van der Waals surface area contributed by atoms with Crippen molar-refractivity contribution in [2.24, 2.45) is 0 Å². The van der Waals surface area contributed by atoms with Crippen molar-refractivity contribution in [3.63, 3.8) is 0 Å². The average Bonchev–Trinajstić information content (AvgIpc) is 2.90. The molecule has 2 aromatic rings. The van der Waals surface area contributed by atoms with Crippen LogP contribution >= 0.6 is 11.3 Å². The van der Waals surface area contributed by atoms with Gasteiger partial charge in [-0.15, -0.1) is 11.3 Å². The lowest BCUT2D eigenvalue weighted by atomic mass is 10.0. The van der Waals surface area contributed by atoms with Crippen LogP contribution in [0.4, 0.5) is 13.2 Å². The second-order valence-corrected chi connectivity index (χ2v) is 5.44. The largest absolute Gasteiger partial charge is 0.443 e. The van der Waals surface area contributed by atoms with Crippen LogP contribution in [0.1, 0.15) is 34.0 Å². The van der Waals surface area contributed by atoms with E-state index in [1.54, 1.807) is 7.05 Å². The van der Waals surface area contributed by atoms with Gasteiger partial charge in [0, 0.05) is 11.1 Å². The van der Waals surface area contributed by atoms with Crippen molar-refractivity contribution in [3.05, 3.63) is 51.5 Å². The molecule has 20 heavy (non-hydrogen) atoms. The fourth-order valence-electron chi connectivity index (χ4n) is 1.97. The molecule has 0 amide bonds. The highest BCUT2D eigenvalue weighted by Crippen LogP contribution is 2.35. The number of hydrogen-bond donors (Lipinski definition) is 1. The maximum Gasteiger partial charge on any atom is 0.443 e. The molecular formula is C14H15F3N2S. The maximum atomic E-state index is 12.6. The first kappa shape index (κ1) is 15.0. The molecule has 1 unspecified atom stereocenters. The van der Waals surface area contributed by atoms with Gasteiger partial charge in [0.15, 0.2) is 5.01 Å². The van der Waals surface area contributed by atoms with E-state index in [1.165, 1.54) is 11.8 Å². The highest BCUT2D eigenvalue weighted by Gasteiger charge is 2.35. The Morgan fingerprint density at radius 2 is 1.90 bits per heavy atom. The van der Waals surface area contributed by atoms with Gasteiger partial charge in [0.1, 0.15) is 0 Å². The monoisotopic (exact) mass is 300 g/mol. The molecule has 1 aromatic heterocycles. The molecule has 0 bridgehead atoms. The van der Waals surface area contributed by atoms with E-state index >= 15 is 0 Å². The van der Waals surface area contributed by atoms with E-state index in [9.17, 15) is 13.2 Å². The van der Waals surface area contributed by atoms with Crippen molar-refractivity contribution >= 4 is 11.3 Å². The lowest BCUT2D eigenvalue weighted by Crippen LogP contribution is -2.16. The topological polar surface area (TPSA) is 24.9 Å². The molecule has 2 rings (SSSR count). The molecule has 0 aliphatic carbocycles. The summed E-state index contributed by atoms with van der Waals surface area (Å²) in [6.07, 6.45) is -2.15. The third-order valence-corrected chi connectivity index (χ3v) is 4.17. The van der Waals surface area contributed by atoms with Gasteiger partial charge in [0.05, 0.1) is 6.04 Å². The minimum atomic E-state index is -4.38. The van der Waals surface area contributed by atoms with Crippen molar-refractivity contribution in [2.75, 3.05) is 7.05 Å². The van der Waals surface area contributed by atoms with Gasteiger partial charge in [-0.2, -0.15) is 13.2 Å². The summed E-state index contributed by atoms with van der Waals surface area (Å²) in [4.78, 5) is 4.03. The van der Waals surface area contributed by atoms with Crippen LogP contribution in [0, 0.1) is 0 Å². The van der Waals surface area contributed by atoms with Gasteiger partial charge in [0.2, 0.25) is 0 Å². The second kappa shape index (κ2) is 5.93. The second-order valence-electron chi connectivity index (χ2n) is 4.38. The SMILES string of the molecule is CCc1ccc(C(NC)c2cnc(C(F)(F)F)s2)cc1. The van der Waals surface area contributed by atoms with Gasteiger partial charge >= 0.3 is 6.18 Å². The zero-order chi connectivity index (χ0) is 14.8. The van der Waals surface area contributed by atoms with E-state index in [0.29, 0.717) is 16.2 Å². The first-order valence-electron chi connectivity index (χ1n) is 6.24. The van der Waals surface area contributed by atoms with E-state index in [4.69, 9.17) is 0 Å². The van der Waals surface area contributed by atoms with E-state index < -0.39 is 11.2 Å². The first-order valence-corrected chi connectivity index (χ1v) is 7.06. The molecule has 2 nitrogen and oxygen atoms in total. The Hall–Kier alpha value is -1.40. The van der Waals surface area contributed by atoms with Crippen LogP contribution < -0.4 is 5.32 Å². The predicted octanol–water partition coefficient (Wildman–Crippen LogP) is 4.03. The summed E-state index contributed by atoms with van der Waals surface area (Å²) in [5.41, 5.74) is 2.13. The predicted molar refractivity (Wildman–Crippen MR) is 73.8 cm³/mol. The molecule has 0 fully saturated rings. The number of halogens is 3. The van der Waals surface area contributed by atoms with E-state index in [0.717, 1.165) is 12.0 Å². The van der Waals surface area contributed by atoms with Gasteiger partial charge in [-0.1, -0.05) is 31.2 Å². The number of nitrogens with one attached hydrogen (secondary N) is 1. The van der Waals surface area contributed by atoms with Crippen LogP contribution in [-0.4, -0.2) is 12.0 Å². The number of aromatic nitrogens is 1. The maximum absolute atomic E-state index is 12.6. The number of nitrogens with zero attached hydrogens (tertiary/aromatic N) is 1. The molecule has 6 heteroatoms. The zero-order valence-corrected chi connectivity index (χ0v) is 12.0. The van der Waals surface area contributed by atoms with E-state index in [2.05, 4.69) is 17.2 Å². The molecule has 0 aliphatic heterocycles. The van der Waals surface area contributed by atoms with Crippen LogP contribution in [0.2, 0.25) is 0 Å².